The second-order valence-corrected chi connectivity index (χ2v) is 8.71. The monoisotopic (exact) mass is 445 g/mol. The van der Waals surface area contributed by atoms with Crippen LogP contribution in [0.25, 0.3) is 0 Å². The van der Waals surface area contributed by atoms with E-state index >= 15 is 0 Å². The summed E-state index contributed by atoms with van der Waals surface area (Å²) in [4.78, 5) is 6.86. The summed E-state index contributed by atoms with van der Waals surface area (Å²) in [6, 6.07) is 8.79. The van der Waals surface area contributed by atoms with E-state index in [2.05, 4.69) is 60.5 Å². The molecule has 1 aromatic heterocycles. The summed E-state index contributed by atoms with van der Waals surface area (Å²) in [5, 5.41) is 7.94. The first-order valence-corrected chi connectivity index (χ1v) is 10.7. The van der Waals surface area contributed by atoms with Crippen LogP contribution in [0.1, 0.15) is 36.5 Å². The highest BCUT2D eigenvalue weighted by Gasteiger charge is 2.39. The largest absolute Gasteiger partial charge is 0.370 e. The van der Waals surface area contributed by atoms with Crippen molar-refractivity contribution in [1.29, 1.82) is 0 Å². The molecule has 0 amide bonds. The van der Waals surface area contributed by atoms with Gasteiger partial charge in [-0.1, -0.05) is 34.5 Å². The predicted molar refractivity (Wildman–Crippen MR) is 115 cm³/mol. The van der Waals surface area contributed by atoms with Crippen LogP contribution in [0.3, 0.4) is 0 Å². The first kappa shape index (κ1) is 19.5. The number of benzene rings is 1. The van der Waals surface area contributed by atoms with Crippen LogP contribution in [0, 0.1) is 0 Å². The molecule has 1 aliphatic carbocycles. The van der Waals surface area contributed by atoms with E-state index in [0.717, 1.165) is 35.6 Å². The zero-order chi connectivity index (χ0) is 19.6. The topological polar surface area (TPSA) is 54.7 Å². The van der Waals surface area contributed by atoms with E-state index in [1.807, 2.05) is 31.2 Å². The van der Waals surface area contributed by atoms with Crippen LogP contribution in [0.2, 0.25) is 0 Å². The van der Waals surface area contributed by atoms with Gasteiger partial charge in [0.15, 0.2) is 5.96 Å². The van der Waals surface area contributed by atoms with E-state index in [9.17, 15) is 0 Å². The highest BCUT2D eigenvalue weighted by atomic mass is 79.9. The summed E-state index contributed by atoms with van der Waals surface area (Å²) < 4.78 is 8.93. The molecule has 28 heavy (non-hydrogen) atoms. The second-order valence-electron chi connectivity index (χ2n) is 7.79. The van der Waals surface area contributed by atoms with Crippen molar-refractivity contribution in [1.82, 2.24) is 20.0 Å². The molecule has 1 aliphatic heterocycles. The zero-order valence-corrected chi connectivity index (χ0v) is 18.2. The van der Waals surface area contributed by atoms with Crippen LogP contribution < -0.4 is 5.32 Å². The fraction of sp³-hybridized carbons (Fsp3) is 0.524. The van der Waals surface area contributed by atoms with Crippen LogP contribution in [-0.2, 0) is 17.2 Å². The summed E-state index contributed by atoms with van der Waals surface area (Å²) in [5.41, 5.74) is 2.75. The molecule has 1 aromatic carbocycles. The van der Waals surface area contributed by atoms with Crippen molar-refractivity contribution in [2.24, 2.45) is 12.0 Å². The minimum absolute atomic E-state index is 0.0325. The highest BCUT2D eigenvalue weighted by molar-refractivity contribution is 9.10. The third-order valence-electron chi connectivity index (χ3n) is 6.03. The molecule has 1 saturated heterocycles. The molecule has 1 atom stereocenters. The molecule has 2 aliphatic rings. The lowest BCUT2D eigenvalue weighted by Gasteiger charge is -2.44. The summed E-state index contributed by atoms with van der Waals surface area (Å²) in [6.07, 6.45) is 7.68. The van der Waals surface area contributed by atoms with Crippen molar-refractivity contribution >= 4 is 21.9 Å². The second kappa shape index (κ2) is 8.25. The number of halogens is 1. The number of nitrogens with zero attached hydrogens (tertiary/aromatic N) is 4. The summed E-state index contributed by atoms with van der Waals surface area (Å²) in [6.45, 7) is 3.24. The Morgan fingerprint density at radius 2 is 2.14 bits per heavy atom. The van der Waals surface area contributed by atoms with Gasteiger partial charge in [-0.3, -0.25) is 9.67 Å². The Morgan fingerprint density at radius 1 is 1.36 bits per heavy atom. The molecule has 0 spiro atoms. The third kappa shape index (κ3) is 3.96. The molecular weight excluding hydrogens is 418 g/mol. The van der Waals surface area contributed by atoms with Crippen LogP contribution in [0.4, 0.5) is 0 Å². The van der Waals surface area contributed by atoms with Gasteiger partial charge in [0, 0.05) is 48.8 Å². The Labute approximate surface area is 175 Å². The molecule has 0 bridgehead atoms. The Bertz CT molecular complexity index is 828. The lowest BCUT2D eigenvalue weighted by molar-refractivity contribution is -0.00820. The average molecular weight is 446 g/mol. The van der Waals surface area contributed by atoms with E-state index in [4.69, 9.17) is 4.74 Å². The van der Waals surface area contributed by atoms with Crippen molar-refractivity contribution < 1.29 is 4.74 Å². The van der Waals surface area contributed by atoms with Gasteiger partial charge in [0.05, 0.1) is 19.3 Å². The first-order valence-electron chi connectivity index (χ1n) is 9.91. The maximum absolute atomic E-state index is 5.98. The number of morpholine rings is 1. The molecule has 2 heterocycles. The summed E-state index contributed by atoms with van der Waals surface area (Å²) in [5.74, 6) is 0.959. The fourth-order valence-corrected chi connectivity index (χ4v) is 4.47. The molecule has 1 N–H and O–H groups in total. The minimum Gasteiger partial charge on any atom is -0.370 e. The lowest BCUT2D eigenvalue weighted by Crippen LogP contribution is -2.52. The number of aliphatic imine (C=N–C) groups is 1. The number of guanidine groups is 1. The molecule has 1 unspecified atom stereocenters. The van der Waals surface area contributed by atoms with Crippen molar-refractivity contribution in [3.8, 4) is 0 Å². The fourth-order valence-electron chi connectivity index (χ4n) is 4.20. The van der Waals surface area contributed by atoms with Gasteiger partial charge < -0.3 is 15.0 Å². The molecule has 7 heteroatoms. The highest BCUT2D eigenvalue weighted by Crippen LogP contribution is 2.43. The maximum atomic E-state index is 5.98. The molecular formula is C21H28BrN5O. The zero-order valence-electron chi connectivity index (χ0n) is 16.6. The average Bonchev–Trinajstić information content (AvgIpc) is 3.12. The summed E-state index contributed by atoms with van der Waals surface area (Å²) >= 11 is 3.54. The maximum Gasteiger partial charge on any atom is 0.193 e. The van der Waals surface area contributed by atoms with Crippen LogP contribution in [0.15, 0.2) is 46.1 Å². The number of hydrogen-bond donors (Lipinski definition) is 1. The molecule has 1 saturated carbocycles. The molecule has 6 nitrogen and oxygen atoms in total. The van der Waals surface area contributed by atoms with Crippen LogP contribution in [0.5, 0.6) is 0 Å². The summed E-state index contributed by atoms with van der Waals surface area (Å²) in [7, 11) is 3.80. The van der Waals surface area contributed by atoms with E-state index in [0.29, 0.717) is 6.61 Å². The Balaban J connectivity index is 1.42. The van der Waals surface area contributed by atoms with Gasteiger partial charge in [-0.25, -0.2) is 0 Å². The quantitative estimate of drug-likeness (QED) is 0.579. The number of hydrogen-bond acceptors (Lipinski definition) is 3. The van der Waals surface area contributed by atoms with Crippen LogP contribution >= 0.6 is 15.9 Å². The van der Waals surface area contributed by atoms with E-state index < -0.39 is 0 Å². The molecule has 4 rings (SSSR count). The van der Waals surface area contributed by atoms with E-state index in [1.165, 1.54) is 24.8 Å². The standard InChI is InChI=1S/C21H28BrN5O/c1-23-20(27-10-11-28-19(14-27)16-12-25-26(2)13-16)24-15-21(8-3-9-21)17-4-6-18(22)7-5-17/h4-7,12-13,19H,3,8-11,14-15H2,1-2H3,(H,23,24). The van der Waals surface area contributed by atoms with Gasteiger partial charge in [-0.05, 0) is 30.5 Å². The molecule has 2 fully saturated rings. The van der Waals surface area contributed by atoms with Gasteiger partial charge in [0.1, 0.15) is 6.10 Å². The van der Waals surface area contributed by atoms with Gasteiger partial charge in [-0.15, -0.1) is 0 Å². The molecule has 0 radical (unpaired) electrons. The Hall–Kier alpha value is -1.86. The third-order valence-corrected chi connectivity index (χ3v) is 6.56. The molecule has 150 valence electrons. The lowest BCUT2D eigenvalue weighted by atomic mass is 9.64. The van der Waals surface area contributed by atoms with Gasteiger partial charge in [0.2, 0.25) is 0 Å². The van der Waals surface area contributed by atoms with Crippen molar-refractivity contribution in [3.63, 3.8) is 0 Å². The first-order chi connectivity index (χ1) is 13.6. The van der Waals surface area contributed by atoms with Crippen molar-refractivity contribution in [3.05, 3.63) is 52.3 Å². The Morgan fingerprint density at radius 3 is 2.75 bits per heavy atom. The smallest absolute Gasteiger partial charge is 0.193 e. The normalized spacial score (nSPS) is 22.0. The number of aryl methyl sites for hydroxylation is 1. The van der Waals surface area contributed by atoms with E-state index in [1.54, 1.807) is 0 Å². The SMILES string of the molecule is CN=C(NCC1(c2ccc(Br)cc2)CCC1)N1CCOC(c2cnn(C)c2)C1. The van der Waals surface area contributed by atoms with Gasteiger partial charge in [0.25, 0.3) is 0 Å². The number of ether oxygens (including phenoxy) is 1. The molecule has 2 aromatic rings. The predicted octanol–water partition coefficient (Wildman–Crippen LogP) is 3.25. The van der Waals surface area contributed by atoms with Gasteiger partial charge in [-0.2, -0.15) is 5.10 Å². The number of nitrogens with one attached hydrogen (secondary N) is 1. The Kier molecular flexibility index (Phi) is 5.73. The van der Waals surface area contributed by atoms with Crippen molar-refractivity contribution in [2.75, 3.05) is 33.3 Å². The number of rotatable bonds is 4. The van der Waals surface area contributed by atoms with Gasteiger partial charge >= 0.3 is 0 Å². The number of aromatic nitrogens is 2. The van der Waals surface area contributed by atoms with E-state index in [-0.39, 0.29) is 11.5 Å². The van der Waals surface area contributed by atoms with Crippen LogP contribution in [-0.4, -0.2) is 53.9 Å². The minimum atomic E-state index is 0.0325. The van der Waals surface area contributed by atoms with Crippen molar-refractivity contribution in [2.45, 2.75) is 30.8 Å².